The van der Waals surface area contributed by atoms with Gasteiger partial charge in [-0.2, -0.15) is 0 Å². The van der Waals surface area contributed by atoms with Crippen LogP contribution in [0.25, 0.3) is 4.85 Å². The normalized spacial score (nSPS) is 12.5. The quantitative estimate of drug-likeness (QED) is 0.0799. The molecule has 0 atom stereocenters. The van der Waals surface area contributed by atoms with Crippen molar-refractivity contribution >= 4 is 47.4 Å². The minimum atomic E-state index is -0.719. The van der Waals surface area contributed by atoms with Gasteiger partial charge in [0.05, 0.1) is 26.7 Å². The van der Waals surface area contributed by atoms with Crippen LogP contribution in [0.4, 0.5) is 0 Å². The minimum absolute atomic E-state index is 0.141. The first-order valence-electron chi connectivity index (χ1n) is 10.9. The van der Waals surface area contributed by atoms with Gasteiger partial charge in [0, 0.05) is 12.2 Å². The van der Waals surface area contributed by atoms with Crippen LogP contribution in [-0.4, -0.2) is 63.5 Å². The molecule has 0 unspecified atom stereocenters. The molecule has 204 valence electrons. The summed E-state index contributed by atoms with van der Waals surface area (Å²) in [6.07, 6.45) is 1.97. The summed E-state index contributed by atoms with van der Waals surface area (Å²) in [7, 11) is 0. The van der Waals surface area contributed by atoms with E-state index in [2.05, 4.69) is 18.0 Å². The number of aryl methyl sites for hydroxylation is 1. The molecule has 0 aromatic heterocycles. The second-order valence-electron chi connectivity index (χ2n) is 7.00. The van der Waals surface area contributed by atoms with Gasteiger partial charge in [-0.3, -0.25) is 0 Å². The first-order valence-corrected chi connectivity index (χ1v) is 12.6. The summed E-state index contributed by atoms with van der Waals surface area (Å²) in [4.78, 5) is 50.4. The van der Waals surface area contributed by atoms with Gasteiger partial charge in [-0.05, 0) is 18.6 Å². The van der Waals surface area contributed by atoms with E-state index in [-0.39, 0.29) is 37.9 Å². The Bertz CT molecular complexity index is 1260. The summed E-state index contributed by atoms with van der Waals surface area (Å²) in [5, 5.41) is 9.31. The Morgan fingerprint density at radius 3 is 1.95 bits per heavy atom. The molecule has 0 N–H and O–H groups in total. The van der Waals surface area contributed by atoms with Crippen LogP contribution >= 0.6 is 23.5 Å². The van der Waals surface area contributed by atoms with E-state index in [4.69, 9.17) is 35.0 Å². The third kappa shape index (κ3) is 9.45. The molecule has 0 spiro atoms. The van der Waals surface area contributed by atoms with E-state index in [1.54, 1.807) is 13.0 Å². The smallest absolute Gasteiger partial charge is 0.344 e. The number of hydrogen-bond donors (Lipinski definition) is 0. The lowest BCUT2D eigenvalue weighted by atomic mass is 10.2. The predicted octanol–water partition coefficient (Wildman–Crippen LogP) is 3.11. The molecule has 39 heavy (non-hydrogen) atoms. The number of thioether (sulfide) groups is 2. The van der Waals surface area contributed by atoms with Crippen LogP contribution in [0.5, 0.6) is 11.5 Å². The Kier molecular flexibility index (Phi) is 12.5. The predicted molar refractivity (Wildman–Crippen MR) is 137 cm³/mol. The van der Waals surface area contributed by atoms with Crippen molar-refractivity contribution < 1.29 is 47.6 Å². The molecule has 1 aromatic carbocycles. The van der Waals surface area contributed by atoms with Gasteiger partial charge in [0.1, 0.15) is 37.9 Å². The van der Waals surface area contributed by atoms with Gasteiger partial charge in [0.2, 0.25) is 0 Å². The van der Waals surface area contributed by atoms with Gasteiger partial charge in [-0.15, -0.1) is 0 Å². The average Bonchev–Trinajstić information content (AvgIpc) is 3.37. The first kappa shape index (κ1) is 30.8. The van der Waals surface area contributed by atoms with Crippen LogP contribution in [0.2, 0.25) is 0 Å². The summed E-state index contributed by atoms with van der Waals surface area (Å²) in [5.74, 6) is -2.16. The highest BCUT2D eigenvalue weighted by molar-refractivity contribution is 8.24. The molecule has 0 aliphatic carbocycles. The monoisotopic (exact) mass is 574 g/mol. The number of nitrogens with zero attached hydrogens (tertiary/aromatic N) is 2. The summed E-state index contributed by atoms with van der Waals surface area (Å²) in [6, 6.07) is 3.41. The fourth-order valence-corrected chi connectivity index (χ4v) is 5.25. The van der Waals surface area contributed by atoms with Gasteiger partial charge >= 0.3 is 23.9 Å². The third-order valence-corrected chi connectivity index (χ3v) is 6.93. The number of esters is 4. The largest absolute Gasteiger partial charge is 0.481 e. The second kappa shape index (κ2) is 15.8. The second-order valence-corrected chi connectivity index (χ2v) is 9.30. The van der Waals surface area contributed by atoms with E-state index < -0.39 is 37.1 Å². The van der Waals surface area contributed by atoms with Gasteiger partial charge in [0.15, 0.2) is 13.2 Å². The Hall–Kier alpha value is -4.40. The molecule has 1 heterocycles. The molecule has 0 fully saturated rings. The standard InChI is InChI=1S/C25H22N2O10S2/c1-5-18(28)32-7-9-34-20(30)13-36-17-11-15(3)22(24-23(17)38-25(39-24)16(12-26)27-4)37-14-21(31)35-10-8-33-19(29)6-2/h5-6,11H,1-2,7-10,13-14H2,3H3/b25-16+. The third-order valence-electron chi connectivity index (χ3n) is 4.34. The highest BCUT2D eigenvalue weighted by Crippen LogP contribution is 2.59. The average molecular weight is 575 g/mol. The van der Waals surface area contributed by atoms with E-state index in [0.717, 1.165) is 35.7 Å². The number of allylic oxidation sites excluding steroid dienone is 1. The maximum absolute atomic E-state index is 12.1. The minimum Gasteiger partial charge on any atom is -0.481 e. The van der Waals surface area contributed by atoms with Gasteiger partial charge in [-0.25, -0.2) is 29.3 Å². The zero-order chi connectivity index (χ0) is 28.8. The number of rotatable bonds is 14. The van der Waals surface area contributed by atoms with Crippen molar-refractivity contribution in [1.82, 2.24) is 0 Å². The molecule has 1 aliphatic rings. The lowest BCUT2D eigenvalue weighted by molar-refractivity contribution is -0.151. The SMILES string of the molecule is [C-]#[N+]/C(C#N)=C1\Sc2c(OCC(=O)OCCOC(=O)C=C)cc(C)c(OCC(=O)OCCOC(=O)C=C)c2S1. The fourth-order valence-electron chi connectivity index (χ4n) is 2.68. The molecule has 0 saturated carbocycles. The van der Waals surface area contributed by atoms with Crippen LogP contribution in [0, 0.1) is 24.8 Å². The van der Waals surface area contributed by atoms with Crippen molar-refractivity contribution in [2.45, 2.75) is 16.7 Å². The molecule has 0 bridgehead atoms. The molecule has 12 nitrogen and oxygen atoms in total. The van der Waals surface area contributed by atoms with E-state index in [9.17, 15) is 24.4 Å². The summed E-state index contributed by atoms with van der Waals surface area (Å²) in [6.45, 7) is 13.9. The van der Waals surface area contributed by atoms with Crippen LogP contribution in [0.3, 0.4) is 0 Å². The Morgan fingerprint density at radius 2 is 1.44 bits per heavy atom. The molecule has 0 amide bonds. The van der Waals surface area contributed by atoms with Gasteiger partial charge in [-0.1, -0.05) is 36.7 Å². The number of carbonyl (C=O) groups is 4. The van der Waals surface area contributed by atoms with Crippen molar-refractivity contribution in [1.29, 1.82) is 5.26 Å². The zero-order valence-corrected chi connectivity index (χ0v) is 22.3. The van der Waals surface area contributed by atoms with Gasteiger partial charge < -0.3 is 28.4 Å². The Balaban J connectivity index is 2.11. The van der Waals surface area contributed by atoms with E-state index in [0.29, 0.717) is 25.3 Å². The van der Waals surface area contributed by atoms with Crippen molar-refractivity contribution in [2.75, 3.05) is 39.6 Å². The Morgan fingerprint density at radius 1 is 0.923 bits per heavy atom. The number of hydrogen-bond acceptors (Lipinski definition) is 13. The molecule has 1 aromatic rings. The lowest BCUT2D eigenvalue weighted by Gasteiger charge is -2.16. The highest BCUT2D eigenvalue weighted by atomic mass is 32.2. The number of ether oxygens (including phenoxy) is 6. The van der Waals surface area contributed by atoms with Crippen molar-refractivity contribution in [2.24, 2.45) is 0 Å². The molecular weight excluding hydrogens is 552 g/mol. The number of fused-ring (bicyclic) bond motifs is 1. The topological polar surface area (TPSA) is 152 Å². The first-order chi connectivity index (χ1) is 18.7. The van der Waals surface area contributed by atoms with E-state index >= 15 is 0 Å². The molecule has 14 heteroatoms. The highest BCUT2D eigenvalue weighted by Gasteiger charge is 2.30. The Labute approximate surface area is 232 Å². The maximum atomic E-state index is 12.1. The fraction of sp³-hybridized carbons (Fsp3) is 0.280. The van der Waals surface area contributed by atoms with Crippen LogP contribution in [0.15, 0.2) is 51.1 Å². The van der Waals surface area contributed by atoms with Crippen molar-refractivity contribution in [3.63, 3.8) is 0 Å². The lowest BCUT2D eigenvalue weighted by Crippen LogP contribution is -2.19. The zero-order valence-electron chi connectivity index (χ0n) is 20.7. The summed E-state index contributed by atoms with van der Waals surface area (Å²) in [5.41, 5.74) is 0.398. The number of benzene rings is 1. The van der Waals surface area contributed by atoms with Crippen LogP contribution in [-0.2, 0) is 38.1 Å². The molecule has 2 rings (SSSR count). The van der Waals surface area contributed by atoms with Crippen LogP contribution < -0.4 is 9.47 Å². The molecule has 0 saturated heterocycles. The summed E-state index contributed by atoms with van der Waals surface area (Å²) >= 11 is 2.18. The maximum Gasteiger partial charge on any atom is 0.344 e. The van der Waals surface area contributed by atoms with E-state index in [1.807, 2.05) is 6.07 Å². The number of nitriles is 1. The molecular formula is C25H22N2O10S2. The van der Waals surface area contributed by atoms with Gasteiger partial charge in [0.25, 0.3) is 5.70 Å². The molecule has 1 aliphatic heterocycles. The van der Waals surface area contributed by atoms with Crippen LogP contribution in [0.1, 0.15) is 5.56 Å². The number of carbonyl (C=O) groups excluding carboxylic acids is 4. The van der Waals surface area contributed by atoms with Crippen molar-refractivity contribution in [3.05, 3.63) is 58.3 Å². The van der Waals surface area contributed by atoms with E-state index in [1.165, 1.54) is 0 Å². The van der Waals surface area contributed by atoms with Crippen molar-refractivity contribution in [3.8, 4) is 17.6 Å². The molecule has 0 radical (unpaired) electrons. The summed E-state index contributed by atoms with van der Waals surface area (Å²) < 4.78 is 31.1.